The number of benzene rings is 1. The van der Waals surface area contributed by atoms with Gasteiger partial charge in [-0.15, -0.1) is 11.8 Å². The summed E-state index contributed by atoms with van der Waals surface area (Å²) in [4.78, 5) is 8.18. The highest BCUT2D eigenvalue weighted by molar-refractivity contribution is 7.99. The van der Waals surface area contributed by atoms with Gasteiger partial charge in [0.1, 0.15) is 10.8 Å². The molecular formula is C13H15N3OS. The molecule has 0 atom stereocenters. The van der Waals surface area contributed by atoms with E-state index in [0.717, 1.165) is 22.1 Å². The largest absolute Gasteiger partial charge is 0.493 e. The summed E-state index contributed by atoms with van der Waals surface area (Å²) in [5.74, 6) is 1.71. The number of rotatable bonds is 6. The first-order valence-electron chi connectivity index (χ1n) is 5.69. The first-order chi connectivity index (χ1) is 8.88. The van der Waals surface area contributed by atoms with Crippen molar-refractivity contribution in [3.8, 4) is 5.75 Å². The lowest BCUT2D eigenvalue weighted by atomic mass is 10.2. The lowest BCUT2D eigenvalue weighted by Crippen LogP contribution is -2.01. The second-order valence-electron chi connectivity index (χ2n) is 3.59. The van der Waals surface area contributed by atoms with E-state index < -0.39 is 0 Å². The first kappa shape index (κ1) is 12.9. The summed E-state index contributed by atoms with van der Waals surface area (Å²) in [5, 5.41) is 0.916. The minimum Gasteiger partial charge on any atom is -0.493 e. The summed E-state index contributed by atoms with van der Waals surface area (Å²) in [5.41, 5.74) is 6.64. The van der Waals surface area contributed by atoms with Gasteiger partial charge in [-0.05, 0) is 17.7 Å². The van der Waals surface area contributed by atoms with Gasteiger partial charge in [-0.2, -0.15) is 0 Å². The monoisotopic (exact) mass is 261 g/mol. The summed E-state index contributed by atoms with van der Waals surface area (Å²) < 4.78 is 5.62. The van der Waals surface area contributed by atoms with Gasteiger partial charge in [0, 0.05) is 24.7 Å². The zero-order valence-electron chi connectivity index (χ0n) is 9.95. The zero-order chi connectivity index (χ0) is 12.6. The molecule has 1 aromatic heterocycles. The third-order valence-corrected chi connectivity index (χ3v) is 3.18. The summed E-state index contributed by atoms with van der Waals surface area (Å²) in [6.07, 6.45) is 5.11. The van der Waals surface area contributed by atoms with E-state index >= 15 is 0 Å². The van der Waals surface area contributed by atoms with Crippen molar-refractivity contribution in [3.63, 3.8) is 0 Å². The third kappa shape index (κ3) is 4.01. The minimum absolute atomic E-state index is 0.558. The maximum Gasteiger partial charge on any atom is 0.119 e. The molecule has 0 saturated carbocycles. The van der Waals surface area contributed by atoms with Crippen molar-refractivity contribution in [2.45, 2.75) is 11.6 Å². The average molecular weight is 261 g/mol. The highest BCUT2D eigenvalue weighted by atomic mass is 32.2. The number of aromatic nitrogens is 2. The molecule has 2 rings (SSSR count). The average Bonchev–Trinajstić information content (AvgIpc) is 2.45. The van der Waals surface area contributed by atoms with E-state index in [1.807, 2.05) is 24.3 Å². The van der Waals surface area contributed by atoms with Gasteiger partial charge in [0.25, 0.3) is 0 Å². The highest BCUT2D eigenvalue weighted by Gasteiger charge is 1.97. The number of nitrogens with two attached hydrogens (primary N) is 1. The number of thioether (sulfide) groups is 1. The van der Waals surface area contributed by atoms with Crippen molar-refractivity contribution in [2.24, 2.45) is 5.73 Å². The van der Waals surface area contributed by atoms with Gasteiger partial charge in [-0.1, -0.05) is 12.1 Å². The van der Waals surface area contributed by atoms with Gasteiger partial charge in [-0.25, -0.2) is 4.98 Å². The smallest absolute Gasteiger partial charge is 0.119 e. The standard InChI is InChI=1S/C13H15N3OS/c14-9-11-1-3-12(4-2-11)17-7-8-18-13-10-15-5-6-16-13/h1-6,10H,7-9,14H2. The number of hydrogen-bond acceptors (Lipinski definition) is 5. The molecule has 0 aliphatic rings. The van der Waals surface area contributed by atoms with E-state index in [0.29, 0.717) is 13.2 Å². The second kappa shape index (κ2) is 6.98. The summed E-state index contributed by atoms with van der Waals surface area (Å²) >= 11 is 1.63. The molecular weight excluding hydrogens is 246 g/mol. The van der Waals surface area contributed by atoms with Crippen LogP contribution < -0.4 is 10.5 Å². The van der Waals surface area contributed by atoms with Crippen LogP contribution in [0.15, 0.2) is 47.9 Å². The third-order valence-electron chi connectivity index (χ3n) is 2.30. The van der Waals surface area contributed by atoms with Crippen molar-refractivity contribution in [3.05, 3.63) is 48.4 Å². The predicted octanol–water partition coefficient (Wildman–Crippen LogP) is 2.11. The van der Waals surface area contributed by atoms with Crippen LogP contribution in [0.5, 0.6) is 5.75 Å². The number of hydrogen-bond donors (Lipinski definition) is 1. The second-order valence-corrected chi connectivity index (χ2v) is 4.70. The highest BCUT2D eigenvalue weighted by Crippen LogP contribution is 2.15. The molecule has 1 heterocycles. The molecule has 2 aromatic rings. The fraction of sp³-hybridized carbons (Fsp3) is 0.231. The molecule has 0 aliphatic heterocycles. The van der Waals surface area contributed by atoms with E-state index in [1.165, 1.54) is 0 Å². The fourth-order valence-electron chi connectivity index (χ4n) is 1.39. The molecule has 0 saturated heterocycles. The Labute approximate surface area is 111 Å². The topological polar surface area (TPSA) is 61.0 Å². The molecule has 5 heteroatoms. The lowest BCUT2D eigenvalue weighted by Gasteiger charge is -2.06. The normalized spacial score (nSPS) is 10.3. The van der Waals surface area contributed by atoms with Crippen LogP contribution in [0.1, 0.15) is 5.56 Å². The number of ether oxygens (including phenoxy) is 1. The summed E-state index contributed by atoms with van der Waals surface area (Å²) in [6, 6.07) is 7.83. The van der Waals surface area contributed by atoms with Crippen LogP contribution >= 0.6 is 11.8 Å². The summed E-state index contributed by atoms with van der Waals surface area (Å²) in [7, 11) is 0. The quantitative estimate of drug-likeness (QED) is 0.637. The van der Waals surface area contributed by atoms with Gasteiger partial charge in [0.15, 0.2) is 0 Å². The van der Waals surface area contributed by atoms with E-state index in [4.69, 9.17) is 10.5 Å². The molecule has 2 N–H and O–H groups in total. The Hall–Kier alpha value is -1.59. The van der Waals surface area contributed by atoms with Crippen LogP contribution in [0, 0.1) is 0 Å². The van der Waals surface area contributed by atoms with Gasteiger partial charge >= 0.3 is 0 Å². The Balaban J connectivity index is 1.72. The van der Waals surface area contributed by atoms with E-state index in [-0.39, 0.29) is 0 Å². The molecule has 18 heavy (non-hydrogen) atoms. The van der Waals surface area contributed by atoms with Crippen molar-refractivity contribution >= 4 is 11.8 Å². The van der Waals surface area contributed by atoms with E-state index in [9.17, 15) is 0 Å². The predicted molar refractivity (Wildman–Crippen MR) is 72.6 cm³/mol. The molecule has 0 fully saturated rings. The van der Waals surface area contributed by atoms with Crippen molar-refractivity contribution in [1.82, 2.24) is 9.97 Å². The minimum atomic E-state index is 0.558. The Bertz CT molecular complexity index is 461. The van der Waals surface area contributed by atoms with Crippen LogP contribution in [-0.2, 0) is 6.54 Å². The molecule has 1 aromatic carbocycles. The van der Waals surface area contributed by atoms with Crippen molar-refractivity contribution in [2.75, 3.05) is 12.4 Å². The molecule has 0 spiro atoms. The zero-order valence-corrected chi connectivity index (χ0v) is 10.8. The van der Waals surface area contributed by atoms with Crippen LogP contribution in [-0.4, -0.2) is 22.3 Å². The molecule has 0 radical (unpaired) electrons. The van der Waals surface area contributed by atoms with Gasteiger partial charge < -0.3 is 10.5 Å². The molecule has 0 unspecified atom stereocenters. The fourth-order valence-corrected chi connectivity index (χ4v) is 2.03. The Morgan fingerprint density at radius 2 is 2.00 bits per heavy atom. The SMILES string of the molecule is NCc1ccc(OCCSc2cnccn2)cc1. The molecule has 0 bridgehead atoms. The van der Waals surface area contributed by atoms with Crippen LogP contribution in [0.3, 0.4) is 0 Å². The first-order valence-corrected chi connectivity index (χ1v) is 6.67. The Morgan fingerprint density at radius 1 is 1.17 bits per heavy atom. The lowest BCUT2D eigenvalue weighted by molar-refractivity contribution is 0.344. The van der Waals surface area contributed by atoms with E-state index in [1.54, 1.807) is 30.4 Å². The molecule has 94 valence electrons. The summed E-state index contributed by atoms with van der Waals surface area (Å²) in [6.45, 7) is 1.20. The van der Waals surface area contributed by atoms with Crippen molar-refractivity contribution < 1.29 is 4.74 Å². The Morgan fingerprint density at radius 3 is 2.67 bits per heavy atom. The van der Waals surface area contributed by atoms with E-state index in [2.05, 4.69) is 9.97 Å². The Kier molecular flexibility index (Phi) is 4.99. The molecule has 0 aliphatic carbocycles. The van der Waals surface area contributed by atoms with Gasteiger partial charge in [0.05, 0.1) is 12.8 Å². The number of nitrogens with zero attached hydrogens (tertiary/aromatic N) is 2. The van der Waals surface area contributed by atoms with Crippen LogP contribution in [0.4, 0.5) is 0 Å². The van der Waals surface area contributed by atoms with Crippen molar-refractivity contribution in [1.29, 1.82) is 0 Å². The maximum atomic E-state index is 5.62. The van der Waals surface area contributed by atoms with Gasteiger partial charge in [0.2, 0.25) is 0 Å². The van der Waals surface area contributed by atoms with Crippen LogP contribution in [0.25, 0.3) is 0 Å². The maximum absolute atomic E-state index is 5.62. The molecule has 4 nitrogen and oxygen atoms in total. The van der Waals surface area contributed by atoms with Crippen LogP contribution in [0.2, 0.25) is 0 Å². The molecule has 0 amide bonds. The van der Waals surface area contributed by atoms with Gasteiger partial charge in [-0.3, -0.25) is 4.98 Å².